The van der Waals surface area contributed by atoms with Gasteiger partial charge in [0.15, 0.2) is 0 Å². The van der Waals surface area contributed by atoms with Crippen molar-refractivity contribution in [2.24, 2.45) is 0 Å². The number of aliphatic hydroxyl groups excluding tert-OH is 2. The number of rotatable bonds is 47. The van der Waals surface area contributed by atoms with Crippen molar-refractivity contribution in [1.82, 2.24) is 5.32 Å². The Balaban J connectivity index is 4.61. The minimum Gasteiger partial charge on any atom is -0.462 e. The number of esters is 1. The molecule has 3 unspecified atom stereocenters. The number of ether oxygens (including phenoxy) is 1. The van der Waals surface area contributed by atoms with Crippen LogP contribution >= 0.6 is 0 Å². The number of amides is 1. The Hall–Kier alpha value is -2.44. The molecule has 6 heteroatoms. The molecule has 0 saturated carbocycles. The number of hydrogen-bond donors (Lipinski definition) is 3. The molecule has 62 heavy (non-hydrogen) atoms. The molecule has 0 heterocycles. The van der Waals surface area contributed by atoms with E-state index >= 15 is 0 Å². The number of carbonyl (C=O) groups excluding carboxylic acids is 2. The Bertz CT molecular complexity index is 1110. The second kappa shape index (κ2) is 49.6. The van der Waals surface area contributed by atoms with Gasteiger partial charge in [-0.3, -0.25) is 9.59 Å². The summed E-state index contributed by atoms with van der Waals surface area (Å²) in [6.45, 7) is 6.33. The maximum Gasteiger partial charge on any atom is 0.306 e. The minimum atomic E-state index is -0.793. The van der Waals surface area contributed by atoms with E-state index in [2.05, 4.69) is 86.8 Å². The normalized spacial score (nSPS) is 13.7. The smallest absolute Gasteiger partial charge is 0.306 e. The summed E-state index contributed by atoms with van der Waals surface area (Å²) in [6, 6.07) is -0.707. The monoisotopic (exact) mass is 868 g/mol. The first-order valence-electron chi connectivity index (χ1n) is 26.5. The van der Waals surface area contributed by atoms with Gasteiger partial charge >= 0.3 is 5.97 Å². The number of hydrogen-bond acceptors (Lipinski definition) is 5. The van der Waals surface area contributed by atoms with Crippen molar-refractivity contribution in [2.45, 2.75) is 277 Å². The molecule has 3 N–H and O–H groups in total. The van der Waals surface area contributed by atoms with Crippen molar-refractivity contribution in [2.75, 3.05) is 6.61 Å². The first-order valence-corrected chi connectivity index (χ1v) is 26.5. The van der Waals surface area contributed by atoms with Gasteiger partial charge in [-0.1, -0.05) is 229 Å². The molecule has 0 spiro atoms. The van der Waals surface area contributed by atoms with E-state index in [9.17, 15) is 19.8 Å². The van der Waals surface area contributed by atoms with Crippen LogP contribution in [0, 0.1) is 0 Å². The highest BCUT2D eigenvalue weighted by atomic mass is 16.5. The third-order valence-corrected chi connectivity index (χ3v) is 11.9. The van der Waals surface area contributed by atoms with Crippen LogP contribution in [0.15, 0.2) is 60.8 Å². The molecule has 0 aromatic rings. The van der Waals surface area contributed by atoms with Gasteiger partial charge in [0, 0.05) is 6.42 Å². The summed E-state index contributed by atoms with van der Waals surface area (Å²) < 4.78 is 5.94. The molecule has 3 atom stereocenters. The number of carbonyl (C=O) groups is 2. The van der Waals surface area contributed by atoms with E-state index in [1.807, 2.05) is 0 Å². The van der Waals surface area contributed by atoms with Crippen LogP contribution in [0.3, 0.4) is 0 Å². The Labute approximate surface area is 384 Å². The predicted molar refractivity (Wildman–Crippen MR) is 268 cm³/mol. The Morgan fingerprint density at radius 1 is 0.500 bits per heavy atom. The first kappa shape index (κ1) is 59.6. The highest BCUT2D eigenvalue weighted by Gasteiger charge is 2.24. The van der Waals surface area contributed by atoms with Gasteiger partial charge in [-0.2, -0.15) is 0 Å². The van der Waals surface area contributed by atoms with Crippen LogP contribution < -0.4 is 5.32 Å². The molecule has 0 radical (unpaired) electrons. The lowest BCUT2D eigenvalue weighted by atomic mass is 10.0. The van der Waals surface area contributed by atoms with E-state index in [1.54, 1.807) is 0 Å². The molecule has 0 rings (SSSR count). The number of allylic oxidation sites excluding steroid dienone is 10. The van der Waals surface area contributed by atoms with Crippen LogP contribution in [0.4, 0.5) is 0 Å². The molecule has 0 saturated heterocycles. The Morgan fingerprint density at radius 2 is 0.935 bits per heavy atom. The van der Waals surface area contributed by atoms with E-state index in [0.717, 1.165) is 83.5 Å². The predicted octanol–water partition coefficient (Wildman–Crippen LogP) is 16.0. The van der Waals surface area contributed by atoms with Crippen LogP contribution in [0.1, 0.15) is 258 Å². The van der Waals surface area contributed by atoms with Gasteiger partial charge in [0.05, 0.1) is 25.2 Å². The highest BCUT2D eigenvalue weighted by molar-refractivity contribution is 5.77. The molecule has 6 nitrogen and oxygen atoms in total. The Morgan fingerprint density at radius 3 is 1.47 bits per heavy atom. The largest absolute Gasteiger partial charge is 0.462 e. The van der Waals surface area contributed by atoms with E-state index in [0.29, 0.717) is 19.3 Å². The van der Waals surface area contributed by atoms with Crippen LogP contribution in [-0.4, -0.2) is 46.9 Å². The van der Waals surface area contributed by atoms with E-state index in [1.165, 1.54) is 128 Å². The number of unbranched alkanes of at least 4 members (excludes halogenated alkanes) is 27. The molecular weight excluding hydrogens is 767 g/mol. The van der Waals surface area contributed by atoms with Crippen molar-refractivity contribution in [3.8, 4) is 0 Å². The van der Waals surface area contributed by atoms with E-state index < -0.39 is 18.2 Å². The van der Waals surface area contributed by atoms with Crippen LogP contribution in [-0.2, 0) is 14.3 Å². The third kappa shape index (κ3) is 44.2. The van der Waals surface area contributed by atoms with Crippen LogP contribution in [0.2, 0.25) is 0 Å². The standard InChI is InChI=1S/C56H101NO5/c1-4-7-10-13-16-19-22-24-26-27-29-30-33-35-38-41-44-47-52(62-56(61)49-46-43-40-37-34-31-28-25-23-20-17-14-11-8-5-2)50-55(60)57-53(51-58)54(59)48-45-42-39-36-32-21-18-15-12-9-6-3/h8,11,14,16-17,19-20,23-24,26,52-54,58-59H,4-7,9-10,12-13,15,18,21-22,25,27-51H2,1-3H3,(H,57,60)/b11-8+,17-14+,19-16-,23-20+,26-24-. The SMILES string of the molecule is CC/C=C/C=C/C=C/CCCCCCCCCC(=O)OC(CCCCCCCCC/C=C\C/C=C\CCCCC)CC(=O)NC(CO)C(O)CCCCCCCCCCCCC. The zero-order valence-corrected chi connectivity index (χ0v) is 41.0. The van der Waals surface area contributed by atoms with Crippen LogP contribution in [0.25, 0.3) is 0 Å². The van der Waals surface area contributed by atoms with Gasteiger partial charge in [0.2, 0.25) is 5.91 Å². The fraction of sp³-hybridized carbons (Fsp3) is 0.786. The van der Waals surface area contributed by atoms with E-state index in [4.69, 9.17) is 4.74 Å². The van der Waals surface area contributed by atoms with E-state index in [-0.39, 0.29) is 24.9 Å². The zero-order chi connectivity index (χ0) is 45.2. The molecular formula is C56H101NO5. The van der Waals surface area contributed by atoms with Gasteiger partial charge in [-0.05, 0) is 77.0 Å². The molecule has 0 aromatic heterocycles. The van der Waals surface area contributed by atoms with Gasteiger partial charge in [0.25, 0.3) is 0 Å². The molecule has 0 aliphatic carbocycles. The van der Waals surface area contributed by atoms with Crippen molar-refractivity contribution in [3.05, 3.63) is 60.8 Å². The molecule has 0 aliphatic heterocycles. The fourth-order valence-electron chi connectivity index (χ4n) is 7.87. The van der Waals surface area contributed by atoms with Gasteiger partial charge in [-0.15, -0.1) is 0 Å². The van der Waals surface area contributed by atoms with Gasteiger partial charge in [0.1, 0.15) is 6.10 Å². The lowest BCUT2D eigenvalue weighted by molar-refractivity contribution is -0.151. The summed E-state index contributed by atoms with van der Waals surface area (Å²) in [5, 5.41) is 23.8. The van der Waals surface area contributed by atoms with Crippen molar-refractivity contribution in [1.29, 1.82) is 0 Å². The van der Waals surface area contributed by atoms with Gasteiger partial charge in [-0.25, -0.2) is 0 Å². The summed E-state index contributed by atoms with van der Waals surface area (Å²) in [5.41, 5.74) is 0. The maximum absolute atomic E-state index is 13.2. The lowest BCUT2D eigenvalue weighted by Crippen LogP contribution is -2.46. The highest BCUT2D eigenvalue weighted by Crippen LogP contribution is 2.18. The molecule has 1 amide bonds. The lowest BCUT2D eigenvalue weighted by Gasteiger charge is -2.24. The molecule has 0 bridgehead atoms. The summed E-state index contributed by atoms with van der Waals surface area (Å²) in [7, 11) is 0. The second-order valence-electron chi connectivity index (χ2n) is 18.0. The van der Waals surface area contributed by atoms with Crippen molar-refractivity contribution < 1.29 is 24.5 Å². The Kier molecular flexibility index (Phi) is 47.6. The molecule has 0 aromatic carbocycles. The number of nitrogens with one attached hydrogen (secondary N) is 1. The maximum atomic E-state index is 13.2. The topological polar surface area (TPSA) is 95.9 Å². The average Bonchev–Trinajstić information content (AvgIpc) is 3.26. The molecule has 0 aliphatic rings. The van der Waals surface area contributed by atoms with Crippen molar-refractivity contribution >= 4 is 11.9 Å². The molecule has 360 valence electrons. The summed E-state index contributed by atoms with van der Waals surface area (Å²) >= 11 is 0. The second-order valence-corrected chi connectivity index (χ2v) is 18.0. The molecule has 0 fully saturated rings. The number of aliphatic hydroxyl groups is 2. The average molecular weight is 868 g/mol. The van der Waals surface area contributed by atoms with Crippen LogP contribution in [0.5, 0.6) is 0 Å². The summed E-state index contributed by atoms with van der Waals surface area (Å²) in [6.07, 6.45) is 61.3. The van der Waals surface area contributed by atoms with Crippen molar-refractivity contribution in [3.63, 3.8) is 0 Å². The fourth-order valence-corrected chi connectivity index (χ4v) is 7.87. The minimum absolute atomic E-state index is 0.0664. The van der Waals surface area contributed by atoms with Gasteiger partial charge < -0.3 is 20.3 Å². The quantitative estimate of drug-likeness (QED) is 0.0245. The third-order valence-electron chi connectivity index (χ3n) is 11.9. The first-order chi connectivity index (χ1) is 30.5. The summed E-state index contributed by atoms with van der Waals surface area (Å²) in [4.78, 5) is 26.2. The summed E-state index contributed by atoms with van der Waals surface area (Å²) in [5.74, 6) is -0.492. The zero-order valence-electron chi connectivity index (χ0n) is 41.0.